The average molecular weight is 376 g/mol. The number of hydrogen-bond acceptors (Lipinski definition) is 5. The first-order valence-corrected chi connectivity index (χ1v) is 10.5. The van der Waals surface area contributed by atoms with E-state index in [1.807, 2.05) is 16.7 Å². The topological polar surface area (TPSA) is 52.9 Å². The van der Waals surface area contributed by atoms with Gasteiger partial charge in [-0.1, -0.05) is 6.07 Å². The van der Waals surface area contributed by atoms with Crippen molar-refractivity contribution < 1.29 is 4.79 Å². The van der Waals surface area contributed by atoms with Gasteiger partial charge in [-0.15, -0.1) is 11.8 Å². The zero-order valence-corrected chi connectivity index (χ0v) is 16.6. The molecule has 3 rings (SSSR count). The summed E-state index contributed by atoms with van der Waals surface area (Å²) in [6.07, 6.45) is 5.14. The molecule has 0 aliphatic carbocycles. The standard InChI is InChI=1S/C19H29N5OS/c1-16-4-5-18-21-17(13-24(18)12-16)14-26-15-19(25)20-6-3-7-23-10-8-22(2)9-11-23/h4-5,12-13H,3,6-11,14-15H2,1-2H3,(H,20,25). The number of rotatable bonds is 8. The number of aromatic nitrogens is 2. The van der Waals surface area contributed by atoms with Gasteiger partial charge < -0.3 is 19.5 Å². The molecule has 0 atom stereocenters. The summed E-state index contributed by atoms with van der Waals surface area (Å²) < 4.78 is 2.05. The van der Waals surface area contributed by atoms with Crippen molar-refractivity contribution in [1.29, 1.82) is 0 Å². The molecule has 2 aromatic heterocycles. The zero-order chi connectivity index (χ0) is 18.4. The Morgan fingerprint density at radius 2 is 2.04 bits per heavy atom. The Bertz CT molecular complexity index is 724. The molecular formula is C19H29N5OS. The van der Waals surface area contributed by atoms with Gasteiger partial charge in [0.05, 0.1) is 11.4 Å². The van der Waals surface area contributed by atoms with E-state index in [9.17, 15) is 4.79 Å². The monoisotopic (exact) mass is 375 g/mol. The van der Waals surface area contributed by atoms with Crippen LogP contribution in [-0.2, 0) is 10.5 Å². The summed E-state index contributed by atoms with van der Waals surface area (Å²) in [6, 6.07) is 4.09. The summed E-state index contributed by atoms with van der Waals surface area (Å²) in [7, 11) is 2.17. The van der Waals surface area contributed by atoms with Gasteiger partial charge in [0.15, 0.2) is 0 Å². The maximum absolute atomic E-state index is 12.0. The number of amides is 1. The van der Waals surface area contributed by atoms with E-state index in [4.69, 9.17) is 0 Å². The number of thioether (sulfide) groups is 1. The van der Waals surface area contributed by atoms with E-state index in [2.05, 4.69) is 46.3 Å². The molecule has 1 fully saturated rings. The summed E-state index contributed by atoms with van der Waals surface area (Å²) in [4.78, 5) is 21.4. The maximum Gasteiger partial charge on any atom is 0.230 e. The van der Waals surface area contributed by atoms with Crippen LogP contribution >= 0.6 is 11.8 Å². The number of aryl methyl sites for hydroxylation is 1. The van der Waals surface area contributed by atoms with Crippen LogP contribution in [-0.4, -0.2) is 77.2 Å². The highest BCUT2D eigenvalue weighted by Crippen LogP contribution is 2.13. The molecule has 7 heteroatoms. The second kappa shape index (κ2) is 9.39. The minimum absolute atomic E-state index is 0.119. The molecule has 0 aromatic carbocycles. The molecule has 1 amide bonds. The molecule has 26 heavy (non-hydrogen) atoms. The Morgan fingerprint density at radius 3 is 2.85 bits per heavy atom. The number of imidazole rings is 1. The smallest absolute Gasteiger partial charge is 0.230 e. The molecule has 3 heterocycles. The number of piperazine rings is 1. The van der Waals surface area contributed by atoms with E-state index in [1.165, 1.54) is 5.56 Å². The number of nitrogens with one attached hydrogen (secondary N) is 1. The van der Waals surface area contributed by atoms with Crippen LogP contribution in [0.25, 0.3) is 5.65 Å². The van der Waals surface area contributed by atoms with Gasteiger partial charge >= 0.3 is 0 Å². The number of likely N-dealkylation sites (N-methyl/N-ethyl adjacent to an activating group) is 1. The van der Waals surface area contributed by atoms with E-state index < -0.39 is 0 Å². The first-order chi connectivity index (χ1) is 12.6. The minimum atomic E-state index is 0.119. The third-order valence-corrected chi connectivity index (χ3v) is 5.67. The highest BCUT2D eigenvalue weighted by Gasteiger charge is 2.13. The lowest BCUT2D eigenvalue weighted by molar-refractivity contribution is -0.118. The molecule has 0 unspecified atom stereocenters. The number of fused-ring (bicyclic) bond motifs is 1. The fraction of sp³-hybridized carbons (Fsp3) is 0.579. The van der Waals surface area contributed by atoms with Crippen LogP contribution in [0.15, 0.2) is 24.5 Å². The van der Waals surface area contributed by atoms with Crippen molar-refractivity contribution >= 4 is 23.3 Å². The lowest BCUT2D eigenvalue weighted by atomic mass is 10.3. The molecule has 1 N–H and O–H groups in total. The van der Waals surface area contributed by atoms with E-state index in [-0.39, 0.29) is 5.91 Å². The van der Waals surface area contributed by atoms with E-state index >= 15 is 0 Å². The highest BCUT2D eigenvalue weighted by molar-refractivity contribution is 7.99. The molecule has 0 radical (unpaired) electrons. The summed E-state index contributed by atoms with van der Waals surface area (Å²) >= 11 is 1.62. The highest BCUT2D eigenvalue weighted by atomic mass is 32.2. The second-order valence-electron chi connectivity index (χ2n) is 7.05. The number of nitrogens with zero attached hydrogens (tertiary/aromatic N) is 4. The Morgan fingerprint density at radius 1 is 1.23 bits per heavy atom. The number of pyridine rings is 1. The van der Waals surface area contributed by atoms with Crippen LogP contribution in [0, 0.1) is 6.92 Å². The van der Waals surface area contributed by atoms with Gasteiger partial charge in [-0.05, 0) is 38.6 Å². The van der Waals surface area contributed by atoms with Crippen LogP contribution in [0.2, 0.25) is 0 Å². The van der Waals surface area contributed by atoms with E-state index in [1.54, 1.807) is 11.8 Å². The largest absolute Gasteiger partial charge is 0.355 e. The third kappa shape index (κ3) is 5.72. The van der Waals surface area contributed by atoms with Gasteiger partial charge in [-0.25, -0.2) is 4.98 Å². The Hall–Kier alpha value is -1.57. The second-order valence-corrected chi connectivity index (χ2v) is 8.03. The van der Waals surface area contributed by atoms with Gasteiger partial charge in [0, 0.05) is 50.9 Å². The van der Waals surface area contributed by atoms with Crippen molar-refractivity contribution in [3.05, 3.63) is 35.8 Å². The van der Waals surface area contributed by atoms with Gasteiger partial charge in [0.1, 0.15) is 5.65 Å². The molecule has 6 nitrogen and oxygen atoms in total. The number of carbonyl (C=O) groups excluding carboxylic acids is 1. The van der Waals surface area contributed by atoms with E-state index in [0.717, 1.165) is 62.8 Å². The van der Waals surface area contributed by atoms with Crippen molar-refractivity contribution in [2.24, 2.45) is 0 Å². The summed E-state index contributed by atoms with van der Waals surface area (Å²) in [5, 5.41) is 3.03. The van der Waals surface area contributed by atoms with Crippen LogP contribution in [0.1, 0.15) is 17.7 Å². The SMILES string of the molecule is Cc1ccc2nc(CSCC(=O)NCCCN3CCN(C)CC3)cn2c1. The summed E-state index contributed by atoms with van der Waals surface area (Å²) in [5.41, 5.74) is 3.19. The van der Waals surface area contributed by atoms with Crippen molar-refractivity contribution in [3.8, 4) is 0 Å². The van der Waals surface area contributed by atoms with E-state index in [0.29, 0.717) is 5.75 Å². The molecule has 1 aliphatic rings. The van der Waals surface area contributed by atoms with Gasteiger partial charge in [0.2, 0.25) is 5.91 Å². The predicted molar refractivity (Wildman–Crippen MR) is 108 cm³/mol. The molecule has 1 saturated heterocycles. The van der Waals surface area contributed by atoms with Crippen LogP contribution in [0.4, 0.5) is 0 Å². The first-order valence-electron chi connectivity index (χ1n) is 9.30. The molecule has 2 aromatic rings. The normalized spacial score (nSPS) is 16.2. The molecule has 0 spiro atoms. The first kappa shape index (κ1) is 19.2. The van der Waals surface area contributed by atoms with Crippen LogP contribution in [0.5, 0.6) is 0 Å². The van der Waals surface area contributed by atoms with Crippen molar-refractivity contribution in [3.63, 3.8) is 0 Å². The quantitative estimate of drug-likeness (QED) is 0.711. The summed E-state index contributed by atoms with van der Waals surface area (Å²) in [5.74, 6) is 1.37. The molecule has 0 saturated carbocycles. The van der Waals surface area contributed by atoms with Crippen molar-refractivity contribution in [1.82, 2.24) is 24.5 Å². The van der Waals surface area contributed by atoms with Gasteiger partial charge in [-0.3, -0.25) is 4.79 Å². The average Bonchev–Trinajstić information content (AvgIpc) is 3.02. The third-order valence-electron chi connectivity index (χ3n) is 4.70. The van der Waals surface area contributed by atoms with Crippen molar-refractivity contribution in [2.75, 3.05) is 52.1 Å². The number of hydrogen-bond donors (Lipinski definition) is 1. The zero-order valence-electron chi connectivity index (χ0n) is 15.8. The lowest BCUT2D eigenvalue weighted by Crippen LogP contribution is -2.45. The Labute approximate surface area is 159 Å². The van der Waals surface area contributed by atoms with Crippen LogP contribution < -0.4 is 5.32 Å². The Kier molecular flexibility index (Phi) is 6.93. The fourth-order valence-corrected chi connectivity index (χ4v) is 3.86. The number of carbonyl (C=O) groups is 1. The molecule has 0 bridgehead atoms. The molecule has 142 valence electrons. The van der Waals surface area contributed by atoms with Gasteiger partial charge in [-0.2, -0.15) is 0 Å². The fourth-order valence-electron chi connectivity index (χ4n) is 3.13. The molecular weight excluding hydrogens is 346 g/mol. The lowest BCUT2D eigenvalue weighted by Gasteiger charge is -2.32. The van der Waals surface area contributed by atoms with Gasteiger partial charge in [0.25, 0.3) is 0 Å². The summed E-state index contributed by atoms with van der Waals surface area (Å²) in [6.45, 7) is 8.47. The molecule has 1 aliphatic heterocycles. The Balaban J connectivity index is 1.29. The predicted octanol–water partition coefficient (Wildman–Crippen LogP) is 1.63. The van der Waals surface area contributed by atoms with Crippen molar-refractivity contribution in [2.45, 2.75) is 19.1 Å². The minimum Gasteiger partial charge on any atom is -0.355 e. The van der Waals surface area contributed by atoms with Crippen LogP contribution in [0.3, 0.4) is 0 Å². The maximum atomic E-state index is 12.0.